The largest absolute Gasteiger partial charge is 0.339 e. The predicted octanol–water partition coefficient (Wildman–Crippen LogP) is 2.73. The maximum absolute atomic E-state index is 13.3. The van der Waals surface area contributed by atoms with Crippen LogP contribution in [-0.2, 0) is 23.7 Å². The first-order valence-corrected chi connectivity index (χ1v) is 15.2. The molecule has 2 N–H and O–H groups in total. The molecule has 31 heavy (non-hydrogen) atoms. The van der Waals surface area contributed by atoms with Crippen LogP contribution < -0.4 is 10.0 Å². The van der Waals surface area contributed by atoms with Crippen LogP contribution in [0.4, 0.5) is 0 Å². The molecule has 1 saturated heterocycles. The lowest BCUT2D eigenvalue weighted by atomic mass is 10.1. The van der Waals surface area contributed by atoms with Gasteiger partial charge in [0.15, 0.2) is 0 Å². The van der Waals surface area contributed by atoms with Crippen molar-refractivity contribution in [1.82, 2.24) is 14.9 Å². The van der Waals surface area contributed by atoms with Crippen molar-refractivity contribution in [2.45, 2.75) is 87.5 Å². The van der Waals surface area contributed by atoms with Crippen molar-refractivity contribution in [3.8, 4) is 0 Å². The minimum absolute atomic E-state index is 0.0398. The van der Waals surface area contributed by atoms with Crippen molar-refractivity contribution < 1.29 is 18.6 Å². The van der Waals surface area contributed by atoms with E-state index in [0.29, 0.717) is 33.2 Å². The first-order chi connectivity index (χ1) is 14.9. The minimum Gasteiger partial charge on any atom is -0.339 e. The van der Waals surface area contributed by atoms with Crippen LogP contribution in [0.2, 0.25) is 0 Å². The van der Waals surface area contributed by atoms with Gasteiger partial charge in [-0.3, -0.25) is 19.1 Å². The number of fused-ring (bicyclic) bond motifs is 2. The average Bonchev–Trinajstić information content (AvgIpc) is 3.66. The normalized spacial score (nSPS) is 35.1. The summed E-state index contributed by atoms with van der Waals surface area (Å²) in [5.41, 5.74) is -1.05. The summed E-state index contributed by atoms with van der Waals surface area (Å²) in [5, 5.41) is 3.06. The van der Waals surface area contributed by atoms with E-state index in [1.165, 1.54) is 0 Å². The lowest BCUT2D eigenvalue weighted by Gasteiger charge is -2.27. The molecule has 0 aromatic rings. The number of hydrogen-bond acceptors (Lipinski definition) is 4. The van der Waals surface area contributed by atoms with Gasteiger partial charge in [-0.2, -0.15) is 0 Å². The molecular weight excluding hydrogens is 433 g/mol. The van der Waals surface area contributed by atoms with Crippen molar-refractivity contribution in [3.05, 3.63) is 12.2 Å². The van der Waals surface area contributed by atoms with Gasteiger partial charge in [-0.25, -0.2) is 4.21 Å². The molecule has 2 aliphatic heterocycles. The summed E-state index contributed by atoms with van der Waals surface area (Å²) in [5.74, 6) is -0.637. The summed E-state index contributed by atoms with van der Waals surface area (Å²) in [6, 6.07) is -0.510. The van der Waals surface area contributed by atoms with Crippen LogP contribution in [0.3, 0.4) is 0 Å². The van der Waals surface area contributed by atoms with Crippen molar-refractivity contribution >= 4 is 34.4 Å². The standard InChI is InChI=1S/C22H34N3O4PS/c1-30-31(29,17-12-13-17)24-21(28)22-15-16(22)9-6-4-2-3-5-7-11-19(26)25-14-8-10-18(25)20(27)23-22/h6,9,16-18H,2-5,7-8,10-15H2,1H3,(H,23,27)(H,24,28,29)/b9-6-. The number of allylic oxidation sites excluding steroid dienone is 1. The molecule has 4 rings (SSSR count). The molecule has 4 atom stereocenters. The molecule has 2 aliphatic carbocycles. The molecule has 0 bridgehead atoms. The molecule has 7 nitrogen and oxygen atoms in total. The minimum atomic E-state index is -2.47. The highest BCUT2D eigenvalue weighted by molar-refractivity contribution is 8.24. The van der Waals surface area contributed by atoms with Gasteiger partial charge in [-0.15, -0.1) is 0 Å². The van der Waals surface area contributed by atoms with Crippen LogP contribution in [0.25, 0.3) is 0 Å². The van der Waals surface area contributed by atoms with Crippen molar-refractivity contribution in [1.29, 1.82) is 0 Å². The number of rotatable bonds is 3. The third-order valence-electron chi connectivity index (χ3n) is 7.01. The Morgan fingerprint density at radius 1 is 1.19 bits per heavy atom. The molecule has 0 radical (unpaired) electrons. The highest BCUT2D eigenvalue weighted by atomic mass is 32.5. The van der Waals surface area contributed by atoms with E-state index >= 15 is 0 Å². The van der Waals surface area contributed by atoms with Crippen LogP contribution in [0, 0.1) is 5.92 Å². The Labute approximate surface area is 186 Å². The van der Waals surface area contributed by atoms with Gasteiger partial charge in [0.2, 0.25) is 11.8 Å². The molecule has 2 saturated carbocycles. The first-order valence-electron chi connectivity index (χ1n) is 11.6. The van der Waals surface area contributed by atoms with Crippen LogP contribution in [0.15, 0.2) is 12.2 Å². The van der Waals surface area contributed by atoms with E-state index < -0.39 is 20.9 Å². The van der Waals surface area contributed by atoms with E-state index in [-0.39, 0.29) is 28.9 Å². The van der Waals surface area contributed by atoms with Crippen LogP contribution in [-0.4, -0.2) is 56.9 Å². The van der Waals surface area contributed by atoms with Gasteiger partial charge in [0, 0.05) is 24.1 Å². The van der Waals surface area contributed by atoms with E-state index in [1.807, 2.05) is 12.7 Å². The quantitative estimate of drug-likeness (QED) is 0.493. The Kier molecular flexibility index (Phi) is 6.78. The van der Waals surface area contributed by atoms with Crippen LogP contribution >= 0.6 is 7.36 Å². The zero-order valence-corrected chi connectivity index (χ0v) is 20.0. The Hall–Kier alpha value is -1.40. The number of hydrogen-bond donors (Lipinski definition) is 2. The highest BCUT2D eigenvalue weighted by Crippen LogP contribution is 2.46. The molecule has 9 heteroatoms. The zero-order valence-electron chi connectivity index (χ0n) is 18.3. The van der Waals surface area contributed by atoms with Gasteiger partial charge >= 0.3 is 0 Å². The molecule has 2 heterocycles. The number of amides is 3. The monoisotopic (exact) mass is 467 g/mol. The molecule has 3 amide bonds. The fourth-order valence-corrected chi connectivity index (χ4v) is 8.64. The SMILES string of the molecule is CP=S(=O)(NC(=O)C12CC1/C=C\CCCCCCC(=O)N1CCCC1C(=O)N2)C1CC1. The third kappa shape index (κ3) is 4.85. The van der Waals surface area contributed by atoms with Crippen LogP contribution in [0.5, 0.6) is 0 Å². The summed E-state index contributed by atoms with van der Waals surface area (Å²) in [7, 11) is -1.79. The fourth-order valence-electron chi connectivity index (χ4n) is 4.81. The Balaban J connectivity index is 1.56. The lowest BCUT2D eigenvalue weighted by molar-refractivity contribution is -0.139. The molecule has 4 unspecified atom stereocenters. The topological polar surface area (TPSA) is 95.6 Å². The van der Waals surface area contributed by atoms with Crippen LogP contribution in [0.1, 0.15) is 70.6 Å². The predicted molar refractivity (Wildman–Crippen MR) is 123 cm³/mol. The second kappa shape index (κ2) is 9.22. The number of carbonyl (C=O) groups is 3. The summed E-state index contributed by atoms with van der Waals surface area (Å²) < 4.78 is 16.0. The Bertz CT molecular complexity index is 893. The molecule has 0 spiro atoms. The average molecular weight is 468 g/mol. The summed E-state index contributed by atoms with van der Waals surface area (Å²) in [4.78, 5) is 41.0. The van der Waals surface area contributed by atoms with E-state index in [0.717, 1.165) is 51.4 Å². The van der Waals surface area contributed by atoms with Gasteiger partial charge in [0.05, 0.1) is 9.30 Å². The van der Waals surface area contributed by atoms with Gasteiger partial charge in [0.1, 0.15) is 11.6 Å². The van der Waals surface area contributed by atoms with E-state index in [4.69, 9.17) is 0 Å². The van der Waals surface area contributed by atoms with E-state index in [9.17, 15) is 18.6 Å². The van der Waals surface area contributed by atoms with Gasteiger partial charge in [-0.1, -0.05) is 25.0 Å². The second-order valence-corrected chi connectivity index (χ2v) is 14.4. The second-order valence-electron chi connectivity index (χ2n) is 9.28. The Morgan fingerprint density at radius 2 is 1.97 bits per heavy atom. The molecule has 172 valence electrons. The smallest absolute Gasteiger partial charge is 0.257 e. The maximum Gasteiger partial charge on any atom is 0.257 e. The molecule has 0 aromatic carbocycles. The first kappa shape index (κ1) is 22.8. The van der Waals surface area contributed by atoms with Gasteiger partial charge in [-0.05, 0) is 65.4 Å². The zero-order chi connectivity index (χ0) is 22.1. The van der Waals surface area contributed by atoms with Gasteiger partial charge in [0.25, 0.3) is 5.91 Å². The molecule has 3 fully saturated rings. The van der Waals surface area contributed by atoms with Crippen molar-refractivity contribution in [2.75, 3.05) is 13.2 Å². The molecule has 4 aliphatic rings. The number of carbonyl (C=O) groups excluding carboxylic acids is 3. The fraction of sp³-hybridized carbons (Fsp3) is 0.773. The maximum atomic E-state index is 13.3. The lowest BCUT2D eigenvalue weighted by Crippen LogP contribution is -2.56. The molecule has 0 aromatic heterocycles. The summed E-state index contributed by atoms with van der Waals surface area (Å²) in [6.45, 7) is 2.42. The molecular formula is C22H34N3O4PS. The van der Waals surface area contributed by atoms with Crippen molar-refractivity contribution in [3.63, 3.8) is 0 Å². The van der Waals surface area contributed by atoms with E-state index in [1.54, 1.807) is 4.90 Å². The summed E-state index contributed by atoms with van der Waals surface area (Å²) >= 11 is 0. The third-order valence-corrected chi connectivity index (χ3v) is 12.2. The number of nitrogens with zero attached hydrogens (tertiary/aromatic N) is 1. The highest BCUT2D eigenvalue weighted by Gasteiger charge is 2.61. The van der Waals surface area contributed by atoms with Crippen molar-refractivity contribution in [2.24, 2.45) is 5.92 Å². The summed E-state index contributed by atoms with van der Waals surface area (Å²) in [6.07, 6.45) is 13.3. The van der Waals surface area contributed by atoms with Gasteiger partial charge < -0.3 is 10.2 Å². The number of nitrogens with one attached hydrogen (secondary N) is 2. The Morgan fingerprint density at radius 3 is 2.71 bits per heavy atom. The van der Waals surface area contributed by atoms with E-state index in [2.05, 4.69) is 16.1 Å².